The van der Waals surface area contributed by atoms with Gasteiger partial charge in [-0.05, 0) is 128 Å². The van der Waals surface area contributed by atoms with Crippen molar-refractivity contribution in [3.8, 4) is 0 Å². The van der Waals surface area contributed by atoms with Crippen LogP contribution in [-0.2, 0) is 32.7 Å². The van der Waals surface area contributed by atoms with E-state index >= 15 is 0 Å². The van der Waals surface area contributed by atoms with Gasteiger partial charge in [-0.3, -0.25) is 18.6 Å². The van der Waals surface area contributed by atoms with Gasteiger partial charge in [-0.25, -0.2) is 4.57 Å². The van der Waals surface area contributed by atoms with Crippen molar-refractivity contribution in [3.63, 3.8) is 0 Å². The highest BCUT2D eigenvalue weighted by Crippen LogP contribution is 2.43. The number of ether oxygens (including phenoxy) is 2. The lowest BCUT2D eigenvalue weighted by Gasteiger charge is -2.24. The molecule has 0 aliphatic rings. The van der Waals surface area contributed by atoms with Crippen LogP contribution in [0.25, 0.3) is 0 Å². The fraction of sp³-hybridized carbons (Fsp3) is 0.485. The van der Waals surface area contributed by atoms with Gasteiger partial charge in [-0.1, -0.05) is 208 Å². The van der Waals surface area contributed by atoms with Crippen molar-refractivity contribution in [2.24, 2.45) is 0 Å². The number of phosphoric ester groups is 1. The van der Waals surface area contributed by atoms with Crippen LogP contribution >= 0.6 is 7.82 Å². The maximum absolute atomic E-state index is 12.8. The Balaban J connectivity index is 4.30. The molecule has 0 saturated carbocycles. The molecule has 0 radical (unpaired) electrons. The van der Waals surface area contributed by atoms with Crippen LogP contribution in [0.4, 0.5) is 0 Å². The van der Waals surface area contributed by atoms with Gasteiger partial charge in [-0.2, -0.15) is 0 Å². The first-order valence-corrected chi connectivity index (χ1v) is 29.7. The molecule has 0 bridgehead atoms. The van der Waals surface area contributed by atoms with Crippen molar-refractivity contribution in [2.75, 3.05) is 47.5 Å². The van der Waals surface area contributed by atoms with Crippen molar-refractivity contribution in [1.29, 1.82) is 0 Å². The van der Waals surface area contributed by atoms with E-state index in [2.05, 4.69) is 196 Å². The number of hydrogen-bond donors (Lipinski definition) is 1. The predicted octanol–water partition coefficient (Wildman–Crippen LogP) is 17.8. The molecule has 422 valence electrons. The summed E-state index contributed by atoms with van der Waals surface area (Å²) in [6.07, 6.45) is 86.8. The third-order valence-electron chi connectivity index (χ3n) is 10.6. The Labute approximate surface area is 463 Å². The van der Waals surface area contributed by atoms with E-state index in [0.29, 0.717) is 23.9 Å². The molecule has 1 N–H and O–H groups in total. The van der Waals surface area contributed by atoms with E-state index in [9.17, 15) is 19.0 Å². The van der Waals surface area contributed by atoms with E-state index in [1.165, 1.54) is 0 Å². The average Bonchev–Trinajstić information content (AvgIpc) is 3.38. The Kier molecular flexibility index (Phi) is 50.9. The quantitative estimate of drug-likeness (QED) is 0.0211. The molecule has 0 spiro atoms. The summed E-state index contributed by atoms with van der Waals surface area (Å²) in [6, 6.07) is 0. The minimum Gasteiger partial charge on any atom is -0.462 e. The number of hydrogen-bond acceptors (Lipinski definition) is 7. The van der Waals surface area contributed by atoms with Crippen LogP contribution in [0, 0.1) is 0 Å². The zero-order valence-electron chi connectivity index (χ0n) is 47.6. The number of allylic oxidation sites excluding steroid dienone is 32. The fourth-order valence-electron chi connectivity index (χ4n) is 6.36. The molecule has 0 aromatic rings. The minimum absolute atomic E-state index is 0.000893. The van der Waals surface area contributed by atoms with Crippen molar-refractivity contribution >= 4 is 19.8 Å². The van der Waals surface area contributed by atoms with E-state index in [1.54, 1.807) is 0 Å². The smallest absolute Gasteiger partial charge is 0.462 e. The molecule has 9 nitrogen and oxygen atoms in total. The summed E-state index contributed by atoms with van der Waals surface area (Å²) in [5.41, 5.74) is 0. The Morgan fingerprint density at radius 3 is 1.05 bits per heavy atom. The zero-order chi connectivity index (χ0) is 55.6. The van der Waals surface area contributed by atoms with Crippen LogP contribution in [0.1, 0.15) is 155 Å². The molecule has 2 unspecified atom stereocenters. The Hall–Kier alpha value is -5.15. The molecule has 0 amide bonds. The number of quaternary nitrogens is 1. The highest BCUT2D eigenvalue weighted by atomic mass is 31.2. The lowest BCUT2D eigenvalue weighted by molar-refractivity contribution is -0.870. The van der Waals surface area contributed by atoms with Crippen LogP contribution in [0.3, 0.4) is 0 Å². The van der Waals surface area contributed by atoms with E-state index in [4.69, 9.17) is 18.5 Å². The number of esters is 2. The molecule has 0 aliphatic carbocycles. The maximum Gasteiger partial charge on any atom is 0.472 e. The summed E-state index contributed by atoms with van der Waals surface area (Å²) in [5, 5.41) is 0. The van der Waals surface area contributed by atoms with Gasteiger partial charge in [-0.15, -0.1) is 0 Å². The largest absolute Gasteiger partial charge is 0.472 e. The topological polar surface area (TPSA) is 108 Å². The lowest BCUT2D eigenvalue weighted by Crippen LogP contribution is -2.37. The fourth-order valence-corrected chi connectivity index (χ4v) is 7.10. The minimum atomic E-state index is -4.42. The van der Waals surface area contributed by atoms with Crippen LogP contribution in [0.2, 0.25) is 0 Å². The lowest BCUT2D eigenvalue weighted by atomic mass is 10.2. The second-order valence-electron chi connectivity index (χ2n) is 18.8. The van der Waals surface area contributed by atoms with E-state index < -0.39 is 32.5 Å². The number of carbonyl (C=O) groups is 2. The van der Waals surface area contributed by atoms with Crippen molar-refractivity contribution < 1.29 is 42.1 Å². The molecule has 10 heteroatoms. The van der Waals surface area contributed by atoms with Gasteiger partial charge < -0.3 is 18.9 Å². The first kappa shape index (κ1) is 70.8. The Morgan fingerprint density at radius 2 is 0.724 bits per heavy atom. The van der Waals surface area contributed by atoms with Crippen LogP contribution in [0.15, 0.2) is 194 Å². The second kappa shape index (κ2) is 54.6. The molecule has 2 atom stereocenters. The molecule has 0 aliphatic heterocycles. The van der Waals surface area contributed by atoms with Crippen molar-refractivity contribution in [2.45, 2.75) is 161 Å². The number of likely N-dealkylation sites (N-methyl/N-ethyl adjacent to an activating group) is 1. The molecule has 0 aromatic carbocycles. The maximum atomic E-state index is 12.8. The van der Waals surface area contributed by atoms with Gasteiger partial charge >= 0.3 is 19.8 Å². The third-order valence-corrected chi connectivity index (χ3v) is 11.6. The predicted molar refractivity (Wildman–Crippen MR) is 325 cm³/mol. The summed E-state index contributed by atoms with van der Waals surface area (Å²) in [6.45, 7) is 4.01. The van der Waals surface area contributed by atoms with E-state index in [-0.39, 0.29) is 26.1 Å². The molecular weight excluding hydrogens is 966 g/mol. The molecule has 0 aromatic heterocycles. The number of rotatable bonds is 48. The first-order valence-electron chi connectivity index (χ1n) is 28.2. The second-order valence-corrected chi connectivity index (χ2v) is 20.3. The van der Waals surface area contributed by atoms with Gasteiger partial charge in [0.1, 0.15) is 19.8 Å². The van der Waals surface area contributed by atoms with Gasteiger partial charge in [0, 0.05) is 12.8 Å². The summed E-state index contributed by atoms with van der Waals surface area (Å²) in [7, 11) is 1.38. The standard InChI is InChI=1S/C66H100NO8P/c1-6-8-10-12-14-16-18-20-21-22-23-24-25-26-27-28-29-30-31-32-33-34-35-36-37-38-39-40-41-42-43-44-45-47-49-51-53-55-57-59-66(69)75-64(63-74-76(70,71)73-61-60-67(3,4)5)62-72-65(68)58-56-54-52-50-48-46-19-17-15-13-11-9-7-2/h8-11,14-17,20-21,23-24,26-27,29-30,32-33,35-36,38-39,41-42,44-46,48-49,51-52,54,64H,6-7,12-13,18-19,22,25,28,31,34,37,40,43,47,50,53,55-63H2,1-5H3/p+1/b10-8-,11-9-,16-14-,17-15-,21-20-,24-23-,27-26-,30-29-,33-32-,36-35-,39-38-,42-41-,45-44-,48-46-,51-49-,54-52-. The number of carbonyl (C=O) groups excluding carboxylic acids is 2. The Morgan fingerprint density at radius 1 is 0.408 bits per heavy atom. The summed E-state index contributed by atoms with van der Waals surface area (Å²) < 4.78 is 34.3. The molecule has 0 fully saturated rings. The highest BCUT2D eigenvalue weighted by molar-refractivity contribution is 7.47. The van der Waals surface area contributed by atoms with E-state index in [0.717, 1.165) is 116 Å². The third kappa shape index (κ3) is 58.1. The van der Waals surface area contributed by atoms with E-state index in [1.807, 2.05) is 33.3 Å². The summed E-state index contributed by atoms with van der Waals surface area (Å²) >= 11 is 0. The van der Waals surface area contributed by atoms with Gasteiger partial charge in [0.15, 0.2) is 6.10 Å². The monoisotopic (exact) mass is 1070 g/mol. The van der Waals surface area contributed by atoms with Gasteiger partial charge in [0.25, 0.3) is 0 Å². The highest BCUT2D eigenvalue weighted by Gasteiger charge is 2.27. The summed E-state index contributed by atoms with van der Waals surface area (Å²) in [5.74, 6) is -0.966. The van der Waals surface area contributed by atoms with Crippen LogP contribution < -0.4 is 0 Å². The molecular formula is C66H101NO8P+. The van der Waals surface area contributed by atoms with Crippen molar-refractivity contribution in [3.05, 3.63) is 194 Å². The normalized spacial score (nSPS) is 14.8. The SMILES string of the molecule is CC/C=C\C/C=C\C/C=C\C/C=C\C/C=C\C/C=C\C/C=C\C/C=C\C/C=C\C/C=C\C/C=C\C/C=C\CCCCC(=O)OC(COC(=O)CC/C=C\C/C=C\C/C=C\C/C=C\CC)COP(=O)(O)OCC[N+](C)(C)C. The first-order chi connectivity index (χ1) is 37.0. The number of unbranched alkanes of at least 4 members (excludes halogenated alkanes) is 2. The molecule has 0 heterocycles. The van der Waals surface area contributed by atoms with Crippen molar-refractivity contribution in [1.82, 2.24) is 0 Å². The Bertz CT molecular complexity index is 1980. The molecule has 0 rings (SSSR count). The van der Waals surface area contributed by atoms with Crippen LogP contribution in [-0.4, -0.2) is 74.9 Å². The molecule has 0 saturated heterocycles. The summed E-state index contributed by atoms with van der Waals surface area (Å²) in [4.78, 5) is 35.5. The number of nitrogens with zero attached hydrogens (tertiary/aromatic N) is 1. The van der Waals surface area contributed by atoms with Gasteiger partial charge in [0.2, 0.25) is 0 Å². The van der Waals surface area contributed by atoms with Gasteiger partial charge in [0.05, 0.1) is 27.7 Å². The van der Waals surface area contributed by atoms with Crippen LogP contribution in [0.5, 0.6) is 0 Å². The number of phosphoric acid groups is 1. The zero-order valence-corrected chi connectivity index (χ0v) is 48.5. The average molecular weight is 1070 g/mol. The molecule has 76 heavy (non-hydrogen) atoms.